The summed E-state index contributed by atoms with van der Waals surface area (Å²) in [4.78, 5) is 5.36. The Labute approximate surface area is 127 Å². The molecular weight excluding hydrogens is 376 g/mol. The van der Waals surface area contributed by atoms with Crippen LogP contribution in [-0.4, -0.2) is 63.0 Å². The molecule has 3 N–H and O–H groups in total. The highest BCUT2D eigenvalue weighted by Gasteiger charge is 2.34. The molecule has 0 spiro atoms. The summed E-state index contributed by atoms with van der Waals surface area (Å²) in [5.74, 6) is 0.255. The van der Waals surface area contributed by atoms with E-state index in [1.165, 1.54) is 4.90 Å². The zero-order chi connectivity index (χ0) is 13.6. The molecule has 0 aromatic heterocycles. The number of ether oxygens (including phenoxy) is 1. The van der Waals surface area contributed by atoms with Crippen LogP contribution in [0.5, 0.6) is 0 Å². The lowest BCUT2D eigenvalue weighted by Crippen LogP contribution is -2.42. The van der Waals surface area contributed by atoms with Crippen molar-refractivity contribution in [3.63, 3.8) is 0 Å². The largest absolute Gasteiger partial charge is 0.401 e. The molecule has 1 aliphatic heterocycles. The van der Waals surface area contributed by atoms with Crippen molar-refractivity contribution >= 4 is 29.9 Å². The first kappa shape index (κ1) is 18.7. The zero-order valence-electron chi connectivity index (χ0n) is 10.7. The van der Waals surface area contributed by atoms with Crippen LogP contribution in [0.2, 0.25) is 0 Å². The molecule has 114 valence electrons. The van der Waals surface area contributed by atoms with Crippen molar-refractivity contribution in [1.29, 1.82) is 0 Å². The molecule has 5 nitrogen and oxygen atoms in total. The van der Waals surface area contributed by atoms with Crippen LogP contribution >= 0.6 is 24.0 Å². The molecule has 0 aromatic rings. The average molecular weight is 396 g/mol. The van der Waals surface area contributed by atoms with E-state index in [9.17, 15) is 13.2 Å². The van der Waals surface area contributed by atoms with E-state index in [-0.39, 0.29) is 36.0 Å². The van der Waals surface area contributed by atoms with Gasteiger partial charge in [0.05, 0.1) is 19.7 Å². The number of nitrogens with one attached hydrogen (secondary N) is 1. The van der Waals surface area contributed by atoms with Crippen LogP contribution in [0.1, 0.15) is 6.42 Å². The van der Waals surface area contributed by atoms with E-state index in [4.69, 9.17) is 10.5 Å². The molecule has 9 heteroatoms. The molecular formula is C10H20F3IN4O. The summed E-state index contributed by atoms with van der Waals surface area (Å²) in [5.41, 5.74) is 5.61. The van der Waals surface area contributed by atoms with Gasteiger partial charge in [-0.05, 0) is 6.42 Å². The second-order valence-electron chi connectivity index (χ2n) is 4.24. The highest BCUT2D eigenvalue weighted by Crippen LogP contribution is 2.19. The van der Waals surface area contributed by atoms with Crippen molar-refractivity contribution in [2.24, 2.45) is 10.7 Å². The smallest absolute Gasteiger partial charge is 0.383 e. The fourth-order valence-corrected chi connectivity index (χ4v) is 1.86. The first-order valence-corrected chi connectivity index (χ1v) is 5.75. The Hall–Kier alpha value is -0.290. The second kappa shape index (κ2) is 8.80. The minimum atomic E-state index is -4.15. The molecule has 1 atom stereocenters. The Morgan fingerprint density at radius 2 is 2.21 bits per heavy atom. The molecule has 0 aromatic carbocycles. The Morgan fingerprint density at radius 1 is 1.53 bits per heavy atom. The van der Waals surface area contributed by atoms with E-state index in [1.54, 1.807) is 7.11 Å². The van der Waals surface area contributed by atoms with Gasteiger partial charge in [-0.1, -0.05) is 0 Å². The molecule has 0 bridgehead atoms. The van der Waals surface area contributed by atoms with Crippen molar-refractivity contribution in [2.45, 2.75) is 18.6 Å². The molecule has 1 rings (SSSR count). The fraction of sp³-hybridized carbons (Fsp3) is 0.900. The summed E-state index contributed by atoms with van der Waals surface area (Å²) in [5, 5.41) is 2.92. The first-order valence-electron chi connectivity index (χ1n) is 5.75. The quantitative estimate of drug-likeness (QED) is 0.312. The zero-order valence-corrected chi connectivity index (χ0v) is 13.1. The third-order valence-corrected chi connectivity index (χ3v) is 2.60. The van der Waals surface area contributed by atoms with Crippen LogP contribution in [-0.2, 0) is 4.74 Å². The van der Waals surface area contributed by atoms with Crippen LogP contribution < -0.4 is 11.1 Å². The van der Waals surface area contributed by atoms with Crippen molar-refractivity contribution in [1.82, 2.24) is 10.2 Å². The number of rotatable bonds is 5. The van der Waals surface area contributed by atoms with Gasteiger partial charge in [0.1, 0.15) is 0 Å². The topological polar surface area (TPSA) is 62.9 Å². The lowest BCUT2D eigenvalue weighted by molar-refractivity contribution is -0.143. The Balaban J connectivity index is 0.00000324. The lowest BCUT2D eigenvalue weighted by atomic mass is 10.3. The normalized spacial score (nSPS) is 21.3. The number of likely N-dealkylation sites (tertiary alicyclic amines) is 1. The average Bonchev–Trinajstić information content (AvgIpc) is 2.63. The van der Waals surface area contributed by atoms with Crippen LogP contribution in [0.15, 0.2) is 4.99 Å². The predicted molar refractivity (Wildman–Crippen MR) is 77.8 cm³/mol. The standard InChI is InChI=1S/C10H19F3N4O.HI/c1-18-5-3-15-9(14)16-8-2-4-17(6-8)7-10(11,12)13;/h8H,2-7H2,1H3,(H3,14,15,16);1H. The number of aliphatic imine (C=N–C) groups is 1. The van der Waals surface area contributed by atoms with Crippen molar-refractivity contribution < 1.29 is 17.9 Å². The number of hydrogen-bond donors (Lipinski definition) is 2. The molecule has 0 radical (unpaired) electrons. The molecule has 0 saturated carbocycles. The summed E-state index contributed by atoms with van der Waals surface area (Å²) in [7, 11) is 1.56. The van der Waals surface area contributed by atoms with Crippen molar-refractivity contribution in [3.8, 4) is 0 Å². The van der Waals surface area contributed by atoms with Gasteiger partial charge < -0.3 is 15.8 Å². The number of guanidine groups is 1. The van der Waals surface area contributed by atoms with Gasteiger partial charge in [0.2, 0.25) is 0 Å². The van der Waals surface area contributed by atoms with Crippen molar-refractivity contribution in [3.05, 3.63) is 0 Å². The van der Waals surface area contributed by atoms with E-state index >= 15 is 0 Å². The molecule has 0 aliphatic carbocycles. The van der Waals surface area contributed by atoms with E-state index in [2.05, 4.69) is 10.3 Å². The maximum atomic E-state index is 12.2. The van der Waals surface area contributed by atoms with Gasteiger partial charge in [-0.15, -0.1) is 24.0 Å². The van der Waals surface area contributed by atoms with Gasteiger partial charge in [0.25, 0.3) is 0 Å². The number of alkyl halides is 3. The number of halogens is 4. The van der Waals surface area contributed by atoms with E-state index in [0.717, 1.165) is 0 Å². The van der Waals surface area contributed by atoms with Gasteiger partial charge in [0, 0.05) is 26.2 Å². The number of nitrogens with two attached hydrogens (primary N) is 1. The van der Waals surface area contributed by atoms with E-state index in [1.807, 2.05) is 0 Å². The van der Waals surface area contributed by atoms with Crippen LogP contribution in [0.3, 0.4) is 0 Å². The second-order valence-corrected chi connectivity index (χ2v) is 4.24. The maximum absolute atomic E-state index is 12.2. The highest BCUT2D eigenvalue weighted by atomic mass is 127. The van der Waals surface area contributed by atoms with Crippen molar-refractivity contribution in [2.75, 3.05) is 39.9 Å². The minimum absolute atomic E-state index is 0. The molecule has 1 heterocycles. The maximum Gasteiger partial charge on any atom is 0.401 e. The van der Waals surface area contributed by atoms with Crippen LogP contribution in [0.25, 0.3) is 0 Å². The Morgan fingerprint density at radius 3 is 2.79 bits per heavy atom. The summed E-state index contributed by atoms with van der Waals surface area (Å²) in [6, 6.07) is -0.0707. The van der Waals surface area contributed by atoms with Crippen LogP contribution in [0, 0.1) is 0 Å². The number of nitrogens with zero attached hydrogens (tertiary/aromatic N) is 2. The summed E-state index contributed by atoms with van der Waals surface area (Å²) in [6.07, 6.45) is -3.51. The van der Waals surface area contributed by atoms with Gasteiger partial charge in [-0.25, -0.2) is 0 Å². The molecule has 19 heavy (non-hydrogen) atoms. The summed E-state index contributed by atoms with van der Waals surface area (Å²) >= 11 is 0. The SMILES string of the molecule is COCCN=C(N)NC1CCN(CC(F)(F)F)C1.I. The third kappa shape index (κ3) is 8.47. The fourth-order valence-electron chi connectivity index (χ4n) is 1.86. The van der Waals surface area contributed by atoms with Crippen LogP contribution in [0.4, 0.5) is 13.2 Å². The Kier molecular flexibility index (Phi) is 8.66. The van der Waals surface area contributed by atoms with E-state index < -0.39 is 12.7 Å². The summed E-state index contributed by atoms with van der Waals surface area (Å²) < 4.78 is 41.3. The monoisotopic (exact) mass is 396 g/mol. The number of methoxy groups -OCH3 is 1. The minimum Gasteiger partial charge on any atom is -0.383 e. The summed E-state index contributed by atoms with van der Waals surface area (Å²) in [6.45, 7) is 0.788. The first-order chi connectivity index (χ1) is 8.40. The predicted octanol–water partition coefficient (Wildman–Crippen LogP) is 0.792. The van der Waals surface area contributed by atoms with Gasteiger partial charge >= 0.3 is 6.18 Å². The van der Waals surface area contributed by atoms with Gasteiger partial charge in [0.15, 0.2) is 5.96 Å². The molecule has 1 saturated heterocycles. The lowest BCUT2D eigenvalue weighted by Gasteiger charge is -2.18. The Bertz CT molecular complexity index is 288. The molecule has 0 amide bonds. The number of hydrogen-bond acceptors (Lipinski definition) is 3. The highest BCUT2D eigenvalue weighted by molar-refractivity contribution is 14.0. The molecule has 1 unspecified atom stereocenters. The van der Waals surface area contributed by atoms with E-state index in [0.29, 0.717) is 32.7 Å². The van der Waals surface area contributed by atoms with Gasteiger partial charge in [-0.3, -0.25) is 9.89 Å². The molecule has 1 fully saturated rings. The van der Waals surface area contributed by atoms with Gasteiger partial charge in [-0.2, -0.15) is 13.2 Å². The molecule has 1 aliphatic rings. The third-order valence-electron chi connectivity index (χ3n) is 2.60.